The lowest BCUT2D eigenvalue weighted by molar-refractivity contribution is 0.431. The molecule has 0 aliphatic carbocycles. The Morgan fingerprint density at radius 3 is 2.50 bits per heavy atom. The second kappa shape index (κ2) is 9.25. The minimum atomic E-state index is -2.81. The van der Waals surface area contributed by atoms with Gasteiger partial charge in [-0.25, -0.2) is 8.42 Å². The standard InChI is InChI=1S/C11H24ClNO2S/c1-3-5-11(6-7-12)10-13-8-4-9-16(2,14)15/h11,13H,3-10H2,1-2H3. The van der Waals surface area contributed by atoms with Crippen molar-refractivity contribution in [1.29, 1.82) is 0 Å². The predicted molar refractivity (Wildman–Crippen MR) is 70.9 cm³/mol. The first kappa shape index (κ1) is 16.2. The molecule has 1 atom stereocenters. The summed E-state index contributed by atoms with van der Waals surface area (Å²) in [5.74, 6) is 1.60. The third kappa shape index (κ3) is 10.7. The van der Waals surface area contributed by atoms with Gasteiger partial charge in [-0.2, -0.15) is 0 Å². The second-order valence-corrected chi connectivity index (χ2v) is 6.96. The first-order valence-corrected chi connectivity index (χ1v) is 8.53. The molecule has 0 saturated heterocycles. The van der Waals surface area contributed by atoms with E-state index >= 15 is 0 Å². The van der Waals surface area contributed by atoms with Crippen LogP contribution in [0.5, 0.6) is 0 Å². The van der Waals surface area contributed by atoms with Crippen LogP contribution in [0.1, 0.15) is 32.6 Å². The average molecular weight is 270 g/mol. The fourth-order valence-electron chi connectivity index (χ4n) is 1.68. The third-order valence-electron chi connectivity index (χ3n) is 2.52. The maximum atomic E-state index is 10.9. The van der Waals surface area contributed by atoms with Gasteiger partial charge in [0, 0.05) is 12.1 Å². The maximum Gasteiger partial charge on any atom is 0.147 e. The molecule has 1 N–H and O–H groups in total. The summed E-state index contributed by atoms with van der Waals surface area (Å²) < 4.78 is 21.8. The average Bonchev–Trinajstić information content (AvgIpc) is 2.16. The summed E-state index contributed by atoms with van der Waals surface area (Å²) in [4.78, 5) is 0. The number of hydrogen-bond donors (Lipinski definition) is 1. The SMILES string of the molecule is CCCC(CCCl)CNCCCS(C)(=O)=O. The fourth-order valence-corrected chi connectivity index (χ4v) is 2.65. The molecule has 0 aromatic heterocycles. The highest BCUT2D eigenvalue weighted by Crippen LogP contribution is 2.10. The van der Waals surface area contributed by atoms with Gasteiger partial charge >= 0.3 is 0 Å². The zero-order valence-electron chi connectivity index (χ0n) is 10.3. The number of rotatable bonds is 10. The van der Waals surface area contributed by atoms with Crippen LogP contribution in [0.2, 0.25) is 0 Å². The summed E-state index contributed by atoms with van der Waals surface area (Å²) >= 11 is 5.72. The Kier molecular flexibility index (Phi) is 9.37. The van der Waals surface area contributed by atoms with Gasteiger partial charge in [-0.15, -0.1) is 11.6 Å². The Morgan fingerprint density at radius 2 is 2.00 bits per heavy atom. The van der Waals surface area contributed by atoms with E-state index in [0.717, 1.165) is 19.5 Å². The highest BCUT2D eigenvalue weighted by atomic mass is 35.5. The molecule has 0 aromatic rings. The van der Waals surface area contributed by atoms with Gasteiger partial charge in [0.2, 0.25) is 0 Å². The largest absolute Gasteiger partial charge is 0.316 e. The van der Waals surface area contributed by atoms with E-state index in [9.17, 15) is 8.42 Å². The molecule has 0 saturated carbocycles. The Morgan fingerprint density at radius 1 is 1.31 bits per heavy atom. The van der Waals surface area contributed by atoms with Crippen molar-refractivity contribution in [1.82, 2.24) is 5.32 Å². The molecule has 0 spiro atoms. The zero-order valence-corrected chi connectivity index (χ0v) is 11.9. The molecule has 0 fully saturated rings. The summed E-state index contributed by atoms with van der Waals surface area (Å²) in [5.41, 5.74) is 0. The van der Waals surface area contributed by atoms with Crippen molar-refractivity contribution < 1.29 is 8.42 Å². The molecule has 16 heavy (non-hydrogen) atoms. The van der Waals surface area contributed by atoms with Gasteiger partial charge in [0.1, 0.15) is 9.84 Å². The van der Waals surface area contributed by atoms with Crippen molar-refractivity contribution in [3.63, 3.8) is 0 Å². The minimum absolute atomic E-state index is 0.272. The van der Waals surface area contributed by atoms with Crippen LogP contribution < -0.4 is 5.32 Å². The first-order valence-electron chi connectivity index (χ1n) is 5.94. The van der Waals surface area contributed by atoms with E-state index in [0.29, 0.717) is 18.2 Å². The Bertz CT molecular complexity index is 249. The van der Waals surface area contributed by atoms with Crippen LogP contribution in [-0.4, -0.2) is 39.4 Å². The van der Waals surface area contributed by atoms with Gasteiger partial charge in [0.15, 0.2) is 0 Å². The monoisotopic (exact) mass is 269 g/mol. The first-order chi connectivity index (χ1) is 7.49. The molecule has 0 amide bonds. The third-order valence-corrected chi connectivity index (χ3v) is 3.76. The molecule has 0 aliphatic heterocycles. The van der Waals surface area contributed by atoms with E-state index in [1.54, 1.807) is 0 Å². The summed E-state index contributed by atoms with van der Waals surface area (Å²) in [6.07, 6.45) is 5.37. The molecule has 0 heterocycles. The van der Waals surface area contributed by atoms with Gasteiger partial charge in [0.05, 0.1) is 5.75 Å². The zero-order chi connectivity index (χ0) is 12.4. The second-order valence-electron chi connectivity index (χ2n) is 4.32. The van der Waals surface area contributed by atoms with E-state index in [1.807, 2.05) is 0 Å². The molecule has 5 heteroatoms. The smallest absolute Gasteiger partial charge is 0.147 e. The number of nitrogens with one attached hydrogen (secondary N) is 1. The van der Waals surface area contributed by atoms with Crippen LogP contribution in [0.4, 0.5) is 0 Å². The number of alkyl halides is 1. The molecule has 1 unspecified atom stereocenters. The van der Waals surface area contributed by atoms with Gasteiger partial charge in [-0.1, -0.05) is 13.3 Å². The molecule has 3 nitrogen and oxygen atoms in total. The maximum absolute atomic E-state index is 10.9. The van der Waals surface area contributed by atoms with Crippen LogP contribution in [0.25, 0.3) is 0 Å². The highest BCUT2D eigenvalue weighted by Gasteiger charge is 2.06. The Hall–Kier alpha value is 0.200. The summed E-state index contributed by atoms with van der Waals surface area (Å²) in [5, 5.41) is 3.30. The van der Waals surface area contributed by atoms with Crippen LogP contribution >= 0.6 is 11.6 Å². The van der Waals surface area contributed by atoms with Crippen LogP contribution in [0, 0.1) is 5.92 Å². The van der Waals surface area contributed by atoms with Crippen LogP contribution in [0.3, 0.4) is 0 Å². The predicted octanol–water partition coefficient (Wildman–Crippen LogP) is 2.06. The number of hydrogen-bond acceptors (Lipinski definition) is 3. The van der Waals surface area contributed by atoms with Crippen molar-refractivity contribution in [2.45, 2.75) is 32.6 Å². The molecule has 98 valence electrons. The number of sulfone groups is 1. The van der Waals surface area contributed by atoms with Gasteiger partial charge in [0.25, 0.3) is 0 Å². The number of halogens is 1. The molecule has 0 aliphatic rings. The normalized spacial score (nSPS) is 13.9. The van der Waals surface area contributed by atoms with E-state index in [2.05, 4.69) is 12.2 Å². The lowest BCUT2D eigenvalue weighted by atomic mass is 10.0. The molecule has 0 rings (SSSR count). The van der Waals surface area contributed by atoms with Gasteiger partial charge in [-0.3, -0.25) is 0 Å². The van der Waals surface area contributed by atoms with Crippen molar-refractivity contribution >= 4 is 21.4 Å². The summed E-state index contributed by atoms with van der Waals surface area (Å²) in [6, 6.07) is 0. The minimum Gasteiger partial charge on any atom is -0.316 e. The van der Waals surface area contributed by atoms with Gasteiger partial charge in [-0.05, 0) is 38.3 Å². The Labute approximate surface area is 105 Å². The van der Waals surface area contributed by atoms with Crippen LogP contribution in [0.15, 0.2) is 0 Å². The quantitative estimate of drug-likeness (QED) is 0.488. The van der Waals surface area contributed by atoms with Gasteiger partial charge < -0.3 is 5.32 Å². The highest BCUT2D eigenvalue weighted by molar-refractivity contribution is 7.90. The lowest BCUT2D eigenvalue weighted by Crippen LogP contribution is -2.25. The van der Waals surface area contributed by atoms with E-state index < -0.39 is 9.84 Å². The topological polar surface area (TPSA) is 46.2 Å². The van der Waals surface area contributed by atoms with E-state index in [1.165, 1.54) is 19.1 Å². The molecule has 0 aromatic carbocycles. The summed E-state index contributed by atoms with van der Waals surface area (Å²) in [7, 11) is -2.81. The molecule has 0 radical (unpaired) electrons. The van der Waals surface area contributed by atoms with Crippen molar-refractivity contribution in [2.24, 2.45) is 5.92 Å². The van der Waals surface area contributed by atoms with Crippen molar-refractivity contribution in [2.75, 3.05) is 31.0 Å². The van der Waals surface area contributed by atoms with E-state index in [-0.39, 0.29) is 5.75 Å². The molecular formula is C11H24ClNO2S. The van der Waals surface area contributed by atoms with Crippen molar-refractivity contribution in [3.05, 3.63) is 0 Å². The van der Waals surface area contributed by atoms with Crippen LogP contribution in [-0.2, 0) is 9.84 Å². The summed E-state index contributed by atoms with van der Waals surface area (Å²) in [6.45, 7) is 3.89. The van der Waals surface area contributed by atoms with Crippen molar-refractivity contribution in [3.8, 4) is 0 Å². The molecular weight excluding hydrogens is 246 g/mol. The molecule has 0 bridgehead atoms. The van der Waals surface area contributed by atoms with E-state index in [4.69, 9.17) is 11.6 Å². The fraction of sp³-hybridized carbons (Fsp3) is 1.00. The Balaban J connectivity index is 3.54. The lowest BCUT2D eigenvalue weighted by Gasteiger charge is -2.15.